The molecule has 1 aliphatic heterocycles. The molecule has 2 N–H and O–H groups in total. The van der Waals surface area contributed by atoms with Crippen molar-refractivity contribution in [3.63, 3.8) is 0 Å². The first-order valence-electron chi connectivity index (χ1n) is 7.44. The minimum atomic E-state index is -0.539. The molecule has 1 aromatic rings. The van der Waals surface area contributed by atoms with E-state index >= 15 is 0 Å². The topological polar surface area (TPSA) is 74.0 Å². The molecule has 0 aromatic heterocycles. The number of thiocarbonyl (C=S) groups is 1. The molecule has 0 bridgehead atoms. The third-order valence-electron chi connectivity index (χ3n) is 3.49. The summed E-state index contributed by atoms with van der Waals surface area (Å²) in [5.41, 5.74) is 5.95. The van der Waals surface area contributed by atoms with E-state index in [0.717, 1.165) is 23.6 Å². The number of benzene rings is 1. The molecule has 126 valence electrons. The van der Waals surface area contributed by atoms with Crippen LogP contribution in [0.3, 0.4) is 0 Å². The average molecular weight is 338 g/mol. The van der Waals surface area contributed by atoms with Gasteiger partial charge in [0.2, 0.25) is 0 Å². The normalized spacial score (nSPS) is 20.9. The Bertz CT molecular complexity index is 583. The van der Waals surface area contributed by atoms with E-state index in [4.69, 9.17) is 32.2 Å². The van der Waals surface area contributed by atoms with Crippen molar-refractivity contribution in [2.45, 2.75) is 26.1 Å². The number of nitrogens with zero attached hydrogens (tertiary/aromatic N) is 1. The number of carbonyl (C=O) groups excluding carboxylic acids is 1. The minimum absolute atomic E-state index is 0.136. The second-order valence-corrected chi connectivity index (χ2v) is 5.97. The molecule has 1 aliphatic rings. The van der Waals surface area contributed by atoms with Crippen molar-refractivity contribution in [1.29, 1.82) is 0 Å². The Kier molecular flexibility index (Phi) is 5.79. The van der Waals surface area contributed by atoms with E-state index in [1.165, 1.54) is 7.11 Å². The molecule has 0 aliphatic carbocycles. The quantitative estimate of drug-likeness (QED) is 0.817. The third-order valence-corrected chi connectivity index (χ3v) is 3.98. The van der Waals surface area contributed by atoms with Gasteiger partial charge in [-0.05, 0) is 32.0 Å². The third kappa shape index (κ3) is 4.56. The van der Waals surface area contributed by atoms with Crippen LogP contribution in [0.4, 0.5) is 0 Å². The van der Waals surface area contributed by atoms with Crippen LogP contribution in [0.25, 0.3) is 0 Å². The van der Waals surface area contributed by atoms with Gasteiger partial charge in [-0.2, -0.15) is 0 Å². The van der Waals surface area contributed by atoms with Crippen LogP contribution in [-0.4, -0.2) is 54.8 Å². The van der Waals surface area contributed by atoms with Crippen LogP contribution in [0.5, 0.6) is 11.5 Å². The smallest absolute Gasteiger partial charge is 0.255 e. The first-order valence-corrected chi connectivity index (χ1v) is 7.85. The summed E-state index contributed by atoms with van der Waals surface area (Å²) < 4.78 is 16.4. The fourth-order valence-electron chi connectivity index (χ4n) is 2.60. The van der Waals surface area contributed by atoms with Gasteiger partial charge < -0.3 is 24.8 Å². The second-order valence-electron chi connectivity index (χ2n) is 5.59. The van der Waals surface area contributed by atoms with E-state index in [9.17, 15) is 4.79 Å². The summed E-state index contributed by atoms with van der Waals surface area (Å²) in [5.74, 6) is 0.435. The molecule has 0 spiro atoms. The maximum atomic E-state index is 10.8. The number of carbonyl (C=O) groups is 1. The molecule has 2 atom stereocenters. The van der Waals surface area contributed by atoms with Crippen LogP contribution in [-0.2, 0) is 9.53 Å². The van der Waals surface area contributed by atoms with Gasteiger partial charge in [-0.25, -0.2) is 0 Å². The number of primary amides is 1. The number of rotatable bonds is 5. The summed E-state index contributed by atoms with van der Waals surface area (Å²) in [6.45, 7) is 5.38. The van der Waals surface area contributed by atoms with E-state index < -0.39 is 5.91 Å². The van der Waals surface area contributed by atoms with Gasteiger partial charge in [-0.15, -0.1) is 0 Å². The summed E-state index contributed by atoms with van der Waals surface area (Å²) in [5, 5.41) is 0. The number of methoxy groups -OCH3 is 1. The summed E-state index contributed by atoms with van der Waals surface area (Å²) in [4.78, 5) is 13.7. The number of hydrogen-bond donors (Lipinski definition) is 1. The van der Waals surface area contributed by atoms with Crippen molar-refractivity contribution < 1.29 is 19.0 Å². The molecule has 1 saturated heterocycles. The second kappa shape index (κ2) is 7.61. The predicted molar refractivity (Wildman–Crippen MR) is 91.0 cm³/mol. The molecule has 0 unspecified atom stereocenters. The lowest BCUT2D eigenvalue weighted by Crippen LogP contribution is -2.47. The fraction of sp³-hybridized carbons (Fsp3) is 0.500. The van der Waals surface area contributed by atoms with Crippen LogP contribution in [0.15, 0.2) is 18.2 Å². The Morgan fingerprint density at radius 2 is 2.00 bits per heavy atom. The van der Waals surface area contributed by atoms with E-state index in [0.29, 0.717) is 11.5 Å². The molecule has 1 aromatic carbocycles. The highest BCUT2D eigenvalue weighted by molar-refractivity contribution is 7.80. The van der Waals surface area contributed by atoms with Gasteiger partial charge in [-0.1, -0.05) is 12.2 Å². The molecule has 0 saturated carbocycles. The highest BCUT2D eigenvalue weighted by Gasteiger charge is 2.25. The van der Waals surface area contributed by atoms with Crippen molar-refractivity contribution >= 4 is 23.1 Å². The zero-order valence-corrected chi connectivity index (χ0v) is 14.4. The van der Waals surface area contributed by atoms with Crippen LogP contribution < -0.4 is 15.2 Å². The standard InChI is InChI=1S/C16H22N2O4S/c1-10-7-18(8-11(2)22-10)16(23)12-4-5-13(14(6-12)20-3)21-9-15(17)19/h4-6,10-11H,7-9H2,1-3H3,(H2,17,19)/t10-,11+. The number of hydrogen-bond acceptors (Lipinski definition) is 5. The Labute approximate surface area is 141 Å². The van der Waals surface area contributed by atoms with E-state index in [1.54, 1.807) is 6.07 Å². The molecule has 1 heterocycles. The lowest BCUT2D eigenvalue weighted by molar-refractivity contribution is -0.119. The van der Waals surface area contributed by atoms with Gasteiger partial charge in [-0.3, -0.25) is 4.79 Å². The van der Waals surface area contributed by atoms with Crippen molar-refractivity contribution in [3.05, 3.63) is 23.8 Å². The van der Waals surface area contributed by atoms with Crippen LogP contribution in [0.2, 0.25) is 0 Å². The number of morpholine rings is 1. The zero-order valence-electron chi connectivity index (χ0n) is 13.6. The summed E-state index contributed by atoms with van der Waals surface area (Å²) in [6.07, 6.45) is 0.272. The zero-order chi connectivity index (χ0) is 17.0. The first-order chi connectivity index (χ1) is 10.9. The van der Waals surface area contributed by atoms with Crippen LogP contribution in [0.1, 0.15) is 19.4 Å². The van der Waals surface area contributed by atoms with Gasteiger partial charge in [0.15, 0.2) is 18.1 Å². The molecule has 0 radical (unpaired) electrons. The highest BCUT2D eigenvalue weighted by atomic mass is 32.1. The molecule has 23 heavy (non-hydrogen) atoms. The molecule has 1 amide bonds. The van der Waals surface area contributed by atoms with Crippen molar-refractivity contribution in [3.8, 4) is 11.5 Å². The van der Waals surface area contributed by atoms with Crippen molar-refractivity contribution in [2.75, 3.05) is 26.8 Å². The summed E-state index contributed by atoms with van der Waals surface area (Å²) >= 11 is 5.60. The molecular formula is C16H22N2O4S. The van der Waals surface area contributed by atoms with E-state index in [2.05, 4.69) is 4.90 Å². The van der Waals surface area contributed by atoms with Gasteiger partial charge in [0, 0.05) is 18.7 Å². The number of amides is 1. The molecular weight excluding hydrogens is 316 g/mol. The Hall–Kier alpha value is -1.86. The largest absolute Gasteiger partial charge is 0.493 e. The minimum Gasteiger partial charge on any atom is -0.493 e. The molecule has 1 fully saturated rings. The van der Waals surface area contributed by atoms with Crippen LogP contribution in [0, 0.1) is 0 Å². The van der Waals surface area contributed by atoms with E-state index in [1.807, 2.05) is 26.0 Å². The SMILES string of the molecule is COc1cc(C(=S)N2C[C@@H](C)O[C@@H](C)C2)ccc1OCC(N)=O. The maximum Gasteiger partial charge on any atom is 0.255 e. The van der Waals surface area contributed by atoms with Crippen molar-refractivity contribution in [1.82, 2.24) is 4.90 Å². The summed E-state index contributed by atoms with van der Waals surface area (Å²) in [7, 11) is 1.54. The average Bonchev–Trinajstić information content (AvgIpc) is 2.51. The van der Waals surface area contributed by atoms with Gasteiger partial charge in [0.1, 0.15) is 4.99 Å². The van der Waals surface area contributed by atoms with Crippen molar-refractivity contribution in [2.24, 2.45) is 5.73 Å². The summed E-state index contributed by atoms with van der Waals surface area (Å²) in [6, 6.07) is 5.39. The number of ether oxygens (including phenoxy) is 3. The highest BCUT2D eigenvalue weighted by Crippen LogP contribution is 2.29. The van der Waals surface area contributed by atoms with Gasteiger partial charge in [0.05, 0.1) is 19.3 Å². The predicted octanol–water partition coefficient (Wildman–Crippen LogP) is 1.34. The number of nitrogens with two attached hydrogens (primary N) is 1. The maximum absolute atomic E-state index is 10.8. The monoisotopic (exact) mass is 338 g/mol. The van der Waals surface area contributed by atoms with Crippen LogP contribution >= 0.6 is 12.2 Å². The van der Waals surface area contributed by atoms with Gasteiger partial charge in [0.25, 0.3) is 5.91 Å². The molecule has 7 heteroatoms. The first kappa shape index (κ1) is 17.5. The molecule has 6 nitrogen and oxygen atoms in total. The Morgan fingerprint density at radius 1 is 1.35 bits per heavy atom. The Balaban J connectivity index is 2.16. The fourth-order valence-corrected chi connectivity index (χ4v) is 2.87. The van der Waals surface area contributed by atoms with E-state index in [-0.39, 0.29) is 18.8 Å². The molecule has 2 rings (SSSR count). The lowest BCUT2D eigenvalue weighted by atomic mass is 10.1. The van der Waals surface area contributed by atoms with Gasteiger partial charge >= 0.3 is 0 Å². The Morgan fingerprint density at radius 3 is 2.57 bits per heavy atom. The lowest BCUT2D eigenvalue weighted by Gasteiger charge is -2.37.